The number of hydrogen-bond acceptors (Lipinski definition) is 5. The summed E-state index contributed by atoms with van der Waals surface area (Å²) in [6, 6.07) is 7.15. The van der Waals surface area contributed by atoms with Crippen molar-refractivity contribution in [2.75, 3.05) is 13.2 Å². The van der Waals surface area contributed by atoms with Gasteiger partial charge in [0, 0.05) is 6.04 Å². The average molecular weight is 363 g/mol. The first kappa shape index (κ1) is 20.1. The van der Waals surface area contributed by atoms with E-state index in [1.54, 1.807) is 31.2 Å². The van der Waals surface area contributed by atoms with Crippen molar-refractivity contribution >= 4 is 11.9 Å². The number of hydrogen-bond donors (Lipinski definition) is 1. The first-order valence-electron chi connectivity index (χ1n) is 9.35. The standard InChI is InChI=1S/C20H29NO5/c1-4-24-16-9-11-17(12-10-16)25-13-19(22)26-15(3)20(23)21-18-8-6-5-7-14(18)2/h9-12,14-15,18H,4-8,13H2,1-3H3,(H,21,23)/t14-,15+,18+/m0/s1. The molecule has 3 atom stereocenters. The number of ether oxygens (including phenoxy) is 3. The molecule has 0 radical (unpaired) electrons. The number of nitrogens with one attached hydrogen (secondary N) is 1. The second-order valence-corrected chi connectivity index (χ2v) is 6.70. The van der Waals surface area contributed by atoms with Gasteiger partial charge in [-0.1, -0.05) is 19.8 Å². The minimum Gasteiger partial charge on any atom is -0.494 e. The van der Waals surface area contributed by atoms with Crippen LogP contribution in [0.15, 0.2) is 24.3 Å². The zero-order valence-corrected chi connectivity index (χ0v) is 15.8. The molecule has 1 aromatic rings. The van der Waals surface area contributed by atoms with Gasteiger partial charge < -0.3 is 19.5 Å². The molecular formula is C20H29NO5. The highest BCUT2D eigenvalue weighted by Crippen LogP contribution is 2.23. The SMILES string of the molecule is CCOc1ccc(OCC(=O)O[C@H](C)C(=O)N[C@@H]2CCCC[C@@H]2C)cc1. The van der Waals surface area contributed by atoms with Crippen LogP contribution in [0.2, 0.25) is 0 Å². The van der Waals surface area contributed by atoms with Gasteiger partial charge in [0.2, 0.25) is 0 Å². The smallest absolute Gasteiger partial charge is 0.344 e. The molecule has 1 N–H and O–H groups in total. The van der Waals surface area contributed by atoms with E-state index in [0.29, 0.717) is 18.3 Å². The maximum absolute atomic E-state index is 12.2. The molecule has 0 saturated heterocycles. The monoisotopic (exact) mass is 363 g/mol. The lowest BCUT2D eigenvalue weighted by Crippen LogP contribution is -2.46. The van der Waals surface area contributed by atoms with Gasteiger partial charge in [-0.25, -0.2) is 4.79 Å². The molecule has 26 heavy (non-hydrogen) atoms. The second-order valence-electron chi connectivity index (χ2n) is 6.70. The predicted octanol–water partition coefficient (Wildman–Crippen LogP) is 3.09. The van der Waals surface area contributed by atoms with Crippen molar-refractivity contribution in [1.82, 2.24) is 5.32 Å². The molecule has 1 amide bonds. The van der Waals surface area contributed by atoms with Gasteiger partial charge in [0.05, 0.1) is 6.61 Å². The summed E-state index contributed by atoms with van der Waals surface area (Å²) < 4.78 is 15.9. The van der Waals surface area contributed by atoms with Crippen molar-refractivity contribution < 1.29 is 23.8 Å². The van der Waals surface area contributed by atoms with Gasteiger partial charge in [-0.2, -0.15) is 0 Å². The zero-order valence-electron chi connectivity index (χ0n) is 15.8. The summed E-state index contributed by atoms with van der Waals surface area (Å²) >= 11 is 0. The fourth-order valence-electron chi connectivity index (χ4n) is 3.06. The predicted molar refractivity (Wildman–Crippen MR) is 98.2 cm³/mol. The van der Waals surface area contributed by atoms with Gasteiger partial charge in [0.15, 0.2) is 12.7 Å². The minimum absolute atomic E-state index is 0.164. The fourth-order valence-corrected chi connectivity index (χ4v) is 3.06. The first-order valence-corrected chi connectivity index (χ1v) is 9.35. The third kappa shape index (κ3) is 6.24. The van der Waals surface area contributed by atoms with E-state index in [1.165, 1.54) is 6.42 Å². The van der Waals surface area contributed by atoms with E-state index in [2.05, 4.69) is 12.2 Å². The quantitative estimate of drug-likeness (QED) is 0.719. The Bertz CT molecular complexity index is 586. The average Bonchev–Trinajstić information content (AvgIpc) is 2.63. The van der Waals surface area contributed by atoms with Gasteiger partial charge in [-0.05, 0) is 56.9 Å². The van der Waals surface area contributed by atoms with Crippen molar-refractivity contribution in [3.8, 4) is 11.5 Å². The molecule has 2 rings (SSSR count). The second kappa shape index (κ2) is 10.0. The first-order chi connectivity index (χ1) is 12.5. The van der Waals surface area contributed by atoms with Crippen LogP contribution in [-0.2, 0) is 14.3 Å². The largest absolute Gasteiger partial charge is 0.494 e. The van der Waals surface area contributed by atoms with Gasteiger partial charge in [0.1, 0.15) is 11.5 Å². The number of amides is 1. The molecule has 6 heteroatoms. The third-order valence-electron chi connectivity index (χ3n) is 4.61. The van der Waals surface area contributed by atoms with Crippen LogP contribution in [0.3, 0.4) is 0 Å². The Morgan fingerprint density at radius 1 is 1.12 bits per heavy atom. The highest BCUT2D eigenvalue weighted by atomic mass is 16.6. The van der Waals surface area contributed by atoms with E-state index in [4.69, 9.17) is 14.2 Å². The Balaban J connectivity index is 1.73. The topological polar surface area (TPSA) is 73.9 Å². The maximum atomic E-state index is 12.2. The molecule has 0 aliphatic heterocycles. The molecule has 144 valence electrons. The van der Waals surface area contributed by atoms with Crippen LogP contribution in [0.1, 0.15) is 46.5 Å². The molecule has 1 aliphatic carbocycles. The number of benzene rings is 1. The molecule has 0 aromatic heterocycles. The van der Waals surface area contributed by atoms with Crippen molar-refractivity contribution in [3.63, 3.8) is 0 Å². The Morgan fingerprint density at radius 3 is 2.35 bits per heavy atom. The normalized spacial score (nSPS) is 20.7. The molecule has 0 unspecified atom stereocenters. The van der Waals surface area contributed by atoms with Gasteiger partial charge in [-0.3, -0.25) is 4.79 Å². The highest BCUT2D eigenvalue weighted by Gasteiger charge is 2.26. The Morgan fingerprint density at radius 2 is 1.73 bits per heavy atom. The van der Waals surface area contributed by atoms with Crippen LogP contribution in [0, 0.1) is 5.92 Å². The summed E-state index contributed by atoms with van der Waals surface area (Å²) in [4.78, 5) is 24.1. The van der Waals surface area contributed by atoms with Crippen LogP contribution in [0.4, 0.5) is 0 Å². The molecular weight excluding hydrogens is 334 g/mol. The van der Waals surface area contributed by atoms with Crippen LogP contribution >= 0.6 is 0 Å². The van der Waals surface area contributed by atoms with Crippen molar-refractivity contribution in [3.05, 3.63) is 24.3 Å². The van der Waals surface area contributed by atoms with Crippen LogP contribution in [0.5, 0.6) is 11.5 Å². The number of esters is 1. The summed E-state index contributed by atoms with van der Waals surface area (Å²) in [5.41, 5.74) is 0. The summed E-state index contributed by atoms with van der Waals surface area (Å²) in [6.45, 7) is 5.98. The summed E-state index contributed by atoms with van der Waals surface area (Å²) in [6.07, 6.45) is 3.60. The number of carbonyl (C=O) groups is 2. The molecule has 0 heterocycles. The molecule has 0 spiro atoms. The molecule has 1 fully saturated rings. The van der Waals surface area contributed by atoms with E-state index >= 15 is 0 Å². The molecule has 1 aliphatic rings. The number of carbonyl (C=O) groups excluding carboxylic acids is 2. The van der Waals surface area contributed by atoms with Crippen LogP contribution < -0.4 is 14.8 Å². The Hall–Kier alpha value is -2.24. The minimum atomic E-state index is -0.833. The third-order valence-corrected chi connectivity index (χ3v) is 4.61. The lowest BCUT2D eigenvalue weighted by molar-refractivity contribution is -0.157. The van der Waals surface area contributed by atoms with Crippen molar-refractivity contribution in [1.29, 1.82) is 0 Å². The van der Waals surface area contributed by atoms with Gasteiger partial charge in [-0.15, -0.1) is 0 Å². The van der Waals surface area contributed by atoms with Gasteiger partial charge >= 0.3 is 5.97 Å². The van der Waals surface area contributed by atoms with E-state index in [1.807, 2.05) is 6.92 Å². The van der Waals surface area contributed by atoms with Crippen LogP contribution in [-0.4, -0.2) is 37.2 Å². The Kier molecular flexibility index (Phi) is 7.75. The fraction of sp³-hybridized carbons (Fsp3) is 0.600. The lowest BCUT2D eigenvalue weighted by Gasteiger charge is -2.30. The zero-order chi connectivity index (χ0) is 18.9. The maximum Gasteiger partial charge on any atom is 0.344 e. The van der Waals surface area contributed by atoms with Crippen LogP contribution in [0.25, 0.3) is 0 Å². The molecule has 6 nitrogen and oxygen atoms in total. The summed E-state index contributed by atoms with van der Waals surface area (Å²) in [7, 11) is 0. The summed E-state index contributed by atoms with van der Waals surface area (Å²) in [5, 5.41) is 2.99. The van der Waals surface area contributed by atoms with Crippen molar-refractivity contribution in [2.24, 2.45) is 5.92 Å². The van der Waals surface area contributed by atoms with E-state index in [-0.39, 0.29) is 18.6 Å². The Labute approximate surface area is 155 Å². The highest BCUT2D eigenvalue weighted by molar-refractivity contribution is 5.83. The lowest BCUT2D eigenvalue weighted by atomic mass is 9.86. The molecule has 0 bridgehead atoms. The van der Waals surface area contributed by atoms with Gasteiger partial charge in [0.25, 0.3) is 5.91 Å². The molecule has 1 saturated carbocycles. The molecule has 1 aromatic carbocycles. The summed E-state index contributed by atoms with van der Waals surface area (Å²) in [5.74, 6) is 0.915. The van der Waals surface area contributed by atoms with E-state index in [0.717, 1.165) is 25.0 Å². The number of rotatable bonds is 8. The van der Waals surface area contributed by atoms with E-state index in [9.17, 15) is 9.59 Å². The van der Waals surface area contributed by atoms with E-state index < -0.39 is 12.1 Å². The van der Waals surface area contributed by atoms with Crippen molar-refractivity contribution in [2.45, 2.75) is 58.6 Å².